The van der Waals surface area contributed by atoms with Crippen LogP contribution in [0.4, 0.5) is 0 Å². The molecule has 0 radical (unpaired) electrons. The molecule has 0 unspecified atom stereocenters. The minimum Gasteiger partial charge on any atom is -0.379 e. The molecule has 0 rings (SSSR count). The van der Waals surface area contributed by atoms with Crippen LogP contribution in [0.1, 0.15) is 58.3 Å². The van der Waals surface area contributed by atoms with E-state index in [4.69, 9.17) is 26.7 Å². The van der Waals surface area contributed by atoms with Gasteiger partial charge in [-0.05, 0) is 52.1 Å². The summed E-state index contributed by atoms with van der Waals surface area (Å²) in [5, 5.41) is 2.92. The van der Waals surface area contributed by atoms with E-state index in [-0.39, 0.29) is 24.0 Å². The van der Waals surface area contributed by atoms with E-state index in [9.17, 15) is 9.59 Å². The number of rotatable bonds is 20. The molecule has 8 heteroatoms. The second-order valence-electron chi connectivity index (χ2n) is 7.00. The van der Waals surface area contributed by atoms with E-state index in [0.29, 0.717) is 58.9 Å². The number of unbranched alkanes of at least 4 members (excludes halogenated alkanes) is 2. The molecule has 0 aromatic rings. The Kier molecular flexibility index (Phi) is 18.5. The molecular formula is C20H42N4O4. The third-order valence-electron chi connectivity index (χ3n) is 4.55. The fourth-order valence-electron chi connectivity index (χ4n) is 2.82. The Morgan fingerprint density at radius 1 is 0.893 bits per heavy atom. The summed E-state index contributed by atoms with van der Waals surface area (Å²) in [6.07, 6.45) is 5.52. The summed E-state index contributed by atoms with van der Waals surface area (Å²) < 4.78 is 10.6. The van der Waals surface area contributed by atoms with Gasteiger partial charge < -0.3 is 32.0 Å². The molecule has 0 fully saturated rings. The molecule has 28 heavy (non-hydrogen) atoms. The summed E-state index contributed by atoms with van der Waals surface area (Å²) in [5.74, 6) is -0.489. The highest BCUT2D eigenvalue weighted by atomic mass is 16.5. The van der Waals surface area contributed by atoms with Gasteiger partial charge in [0.2, 0.25) is 5.91 Å². The fraction of sp³-hybridized carbons (Fsp3) is 0.900. The first-order valence-corrected chi connectivity index (χ1v) is 10.7. The Balaban J connectivity index is 4.25. The molecule has 7 N–H and O–H groups in total. The number of carbonyl (C=O) groups excluding carboxylic acids is 2. The van der Waals surface area contributed by atoms with Crippen molar-refractivity contribution < 1.29 is 19.1 Å². The van der Waals surface area contributed by atoms with E-state index in [1.807, 2.05) is 6.92 Å². The lowest BCUT2D eigenvalue weighted by Gasteiger charge is -2.18. The van der Waals surface area contributed by atoms with Gasteiger partial charge in [0.15, 0.2) is 0 Å². The molecule has 8 nitrogen and oxygen atoms in total. The summed E-state index contributed by atoms with van der Waals surface area (Å²) in [6, 6.07) is -0.518. The van der Waals surface area contributed by atoms with Crippen LogP contribution in [-0.2, 0) is 19.1 Å². The summed E-state index contributed by atoms with van der Waals surface area (Å²) in [6.45, 7) is 6.03. The quantitative estimate of drug-likeness (QED) is 0.220. The number of amides is 1. The van der Waals surface area contributed by atoms with Gasteiger partial charge in [-0.3, -0.25) is 9.59 Å². The maximum Gasteiger partial charge on any atom is 0.223 e. The lowest BCUT2D eigenvalue weighted by molar-refractivity contribution is -0.130. The van der Waals surface area contributed by atoms with Crippen molar-refractivity contribution in [3.8, 4) is 0 Å². The van der Waals surface area contributed by atoms with Gasteiger partial charge in [0.1, 0.15) is 5.78 Å². The molecule has 0 aromatic carbocycles. The molecule has 0 spiro atoms. The minimum absolute atomic E-state index is 0.0517. The molecule has 0 saturated carbocycles. The number of carbonyl (C=O) groups is 2. The lowest BCUT2D eigenvalue weighted by Crippen LogP contribution is -2.37. The zero-order chi connectivity index (χ0) is 21.0. The standard InChI is InChI=1S/C20H42N4O4/c1-2-27-14-15-28-13-7-12-24-20(26)17(8-3-5-10-21)16-19(25)18(23)9-4-6-11-22/h17-18H,2-16,21-23H2,1H3,(H,24,26)/t17-,18+/m1/s1. The van der Waals surface area contributed by atoms with Crippen LogP contribution in [0.3, 0.4) is 0 Å². The Labute approximate surface area is 170 Å². The maximum atomic E-state index is 12.5. The van der Waals surface area contributed by atoms with Crippen LogP contribution in [0.2, 0.25) is 0 Å². The van der Waals surface area contributed by atoms with Crippen LogP contribution in [0.25, 0.3) is 0 Å². The fourth-order valence-corrected chi connectivity index (χ4v) is 2.82. The minimum atomic E-state index is -0.518. The van der Waals surface area contributed by atoms with Crippen molar-refractivity contribution in [3.63, 3.8) is 0 Å². The molecule has 166 valence electrons. The van der Waals surface area contributed by atoms with Gasteiger partial charge in [0.25, 0.3) is 0 Å². The number of Topliss-reactive ketones (excluding diaryl/α,β-unsaturated/α-hetero) is 1. The molecule has 0 aliphatic heterocycles. The van der Waals surface area contributed by atoms with E-state index < -0.39 is 6.04 Å². The first-order chi connectivity index (χ1) is 13.6. The number of nitrogens with two attached hydrogens (primary N) is 3. The topological polar surface area (TPSA) is 143 Å². The second kappa shape index (κ2) is 19.3. The van der Waals surface area contributed by atoms with E-state index in [1.54, 1.807) is 0 Å². The van der Waals surface area contributed by atoms with Crippen molar-refractivity contribution in [1.29, 1.82) is 0 Å². The highest BCUT2D eigenvalue weighted by Gasteiger charge is 2.24. The average molecular weight is 403 g/mol. The van der Waals surface area contributed by atoms with Crippen LogP contribution >= 0.6 is 0 Å². The van der Waals surface area contributed by atoms with Crippen molar-refractivity contribution in [2.45, 2.75) is 64.3 Å². The average Bonchev–Trinajstić information content (AvgIpc) is 2.69. The molecule has 0 bridgehead atoms. The predicted octanol–water partition coefficient (Wildman–Crippen LogP) is 0.707. The molecular weight excluding hydrogens is 360 g/mol. The Bertz CT molecular complexity index is 396. The van der Waals surface area contributed by atoms with Gasteiger partial charge >= 0.3 is 0 Å². The van der Waals surface area contributed by atoms with Crippen LogP contribution in [0, 0.1) is 5.92 Å². The highest BCUT2D eigenvalue weighted by Crippen LogP contribution is 2.16. The Morgan fingerprint density at radius 2 is 1.54 bits per heavy atom. The first kappa shape index (κ1) is 26.9. The normalized spacial score (nSPS) is 13.3. The smallest absolute Gasteiger partial charge is 0.223 e. The number of nitrogens with one attached hydrogen (secondary N) is 1. The van der Waals surface area contributed by atoms with Crippen molar-refractivity contribution >= 4 is 11.7 Å². The van der Waals surface area contributed by atoms with E-state index >= 15 is 0 Å². The van der Waals surface area contributed by atoms with E-state index in [1.165, 1.54) is 0 Å². The second-order valence-corrected chi connectivity index (χ2v) is 7.00. The number of ketones is 1. The summed E-state index contributed by atoms with van der Waals surface area (Å²) >= 11 is 0. The first-order valence-electron chi connectivity index (χ1n) is 10.7. The van der Waals surface area contributed by atoms with Crippen molar-refractivity contribution in [1.82, 2.24) is 5.32 Å². The molecule has 1 amide bonds. The van der Waals surface area contributed by atoms with Crippen molar-refractivity contribution in [3.05, 3.63) is 0 Å². The Hall–Kier alpha value is -1.06. The van der Waals surface area contributed by atoms with Gasteiger partial charge in [-0.25, -0.2) is 0 Å². The number of hydrogen-bond donors (Lipinski definition) is 4. The zero-order valence-corrected chi connectivity index (χ0v) is 17.6. The van der Waals surface area contributed by atoms with Gasteiger partial charge in [-0.2, -0.15) is 0 Å². The molecule has 0 saturated heterocycles. The number of hydrogen-bond acceptors (Lipinski definition) is 7. The Morgan fingerprint density at radius 3 is 2.18 bits per heavy atom. The monoisotopic (exact) mass is 402 g/mol. The van der Waals surface area contributed by atoms with Crippen LogP contribution < -0.4 is 22.5 Å². The lowest BCUT2D eigenvalue weighted by atomic mass is 9.91. The number of ether oxygens (including phenoxy) is 2. The predicted molar refractivity (Wildman–Crippen MR) is 112 cm³/mol. The van der Waals surface area contributed by atoms with E-state index in [0.717, 1.165) is 32.1 Å². The molecule has 0 aliphatic rings. The third kappa shape index (κ3) is 14.9. The SMILES string of the molecule is CCOCCOCCCNC(=O)[C@H](CCCCN)CC(=O)[C@@H](N)CCCCN. The van der Waals surface area contributed by atoms with Gasteiger partial charge in [-0.1, -0.05) is 12.8 Å². The molecule has 0 heterocycles. The van der Waals surface area contributed by atoms with Gasteiger partial charge in [-0.15, -0.1) is 0 Å². The van der Waals surface area contributed by atoms with Crippen LogP contribution in [0.15, 0.2) is 0 Å². The van der Waals surface area contributed by atoms with Crippen molar-refractivity contribution in [2.75, 3.05) is 46.1 Å². The van der Waals surface area contributed by atoms with Gasteiger partial charge in [0.05, 0.1) is 19.3 Å². The maximum absolute atomic E-state index is 12.5. The summed E-state index contributed by atoms with van der Waals surface area (Å²) in [5.41, 5.74) is 17.0. The van der Waals surface area contributed by atoms with Crippen molar-refractivity contribution in [2.24, 2.45) is 23.1 Å². The zero-order valence-electron chi connectivity index (χ0n) is 17.6. The molecule has 0 aliphatic carbocycles. The summed E-state index contributed by atoms with van der Waals surface area (Å²) in [7, 11) is 0. The van der Waals surface area contributed by atoms with E-state index in [2.05, 4.69) is 5.32 Å². The summed E-state index contributed by atoms with van der Waals surface area (Å²) in [4.78, 5) is 24.9. The highest BCUT2D eigenvalue weighted by molar-refractivity contribution is 5.89. The molecule has 2 atom stereocenters. The molecule has 0 aromatic heterocycles. The largest absolute Gasteiger partial charge is 0.379 e. The van der Waals surface area contributed by atoms with Gasteiger partial charge in [0, 0.05) is 32.1 Å². The van der Waals surface area contributed by atoms with Crippen LogP contribution in [-0.4, -0.2) is 63.8 Å². The van der Waals surface area contributed by atoms with Crippen LogP contribution in [0.5, 0.6) is 0 Å². The third-order valence-corrected chi connectivity index (χ3v) is 4.55.